The van der Waals surface area contributed by atoms with E-state index in [-0.39, 0.29) is 17.2 Å². The van der Waals surface area contributed by atoms with E-state index in [9.17, 15) is 9.90 Å². The molecule has 1 saturated heterocycles. The predicted molar refractivity (Wildman–Crippen MR) is 76.3 cm³/mol. The first-order chi connectivity index (χ1) is 9.72. The van der Waals surface area contributed by atoms with E-state index in [0.29, 0.717) is 12.3 Å². The minimum atomic E-state index is -0.310. The molecule has 0 saturated carbocycles. The van der Waals surface area contributed by atoms with Crippen molar-refractivity contribution in [3.05, 3.63) is 23.8 Å². The predicted octanol–water partition coefficient (Wildman–Crippen LogP) is 0.0358. The Morgan fingerprint density at radius 2 is 2.20 bits per heavy atom. The Bertz CT molecular complexity index is 459. The van der Waals surface area contributed by atoms with Crippen LogP contribution in [0.4, 0.5) is 0 Å². The van der Waals surface area contributed by atoms with Crippen molar-refractivity contribution in [1.82, 2.24) is 15.5 Å². The van der Waals surface area contributed by atoms with Gasteiger partial charge in [0.25, 0.3) is 5.91 Å². The minimum absolute atomic E-state index is 0.0657. The summed E-state index contributed by atoms with van der Waals surface area (Å²) in [4.78, 5) is 14.4. The average Bonchev–Trinajstić information content (AvgIpc) is 2.47. The first-order valence-corrected chi connectivity index (χ1v) is 6.79. The van der Waals surface area contributed by atoms with E-state index in [2.05, 4.69) is 15.5 Å². The molecule has 6 nitrogen and oxygen atoms in total. The molecule has 1 amide bonds. The van der Waals surface area contributed by atoms with Crippen LogP contribution in [0.5, 0.6) is 11.5 Å². The first-order valence-electron chi connectivity index (χ1n) is 6.79. The maximum absolute atomic E-state index is 12.1. The van der Waals surface area contributed by atoms with Gasteiger partial charge in [-0.25, -0.2) is 0 Å². The van der Waals surface area contributed by atoms with Gasteiger partial charge in [0, 0.05) is 39.3 Å². The van der Waals surface area contributed by atoms with Crippen molar-refractivity contribution < 1.29 is 14.6 Å². The summed E-state index contributed by atoms with van der Waals surface area (Å²) in [5, 5.41) is 15.9. The molecule has 0 aliphatic carbocycles. The highest BCUT2D eigenvalue weighted by atomic mass is 16.5. The smallest absolute Gasteiger partial charge is 0.258 e. The second-order valence-electron chi connectivity index (χ2n) is 4.70. The zero-order valence-electron chi connectivity index (χ0n) is 11.7. The van der Waals surface area contributed by atoms with Crippen LogP contribution < -0.4 is 15.4 Å². The molecule has 1 aliphatic heterocycles. The van der Waals surface area contributed by atoms with Crippen molar-refractivity contribution >= 4 is 5.91 Å². The van der Waals surface area contributed by atoms with E-state index in [1.807, 2.05) is 0 Å². The molecule has 6 heteroatoms. The number of carbonyl (C=O) groups is 1. The summed E-state index contributed by atoms with van der Waals surface area (Å²) in [5.74, 6) is 0.00350. The number of piperazine rings is 1. The van der Waals surface area contributed by atoms with Crippen LogP contribution in [0, 0.1) is 0 Å². The molecule has 3 N–H and O–H groups in total. The molecule has 20 heavy (non-hydrogen) atoms. The largest absolute Gasteiger partial charge is 0.507 e. The van der Waals surface area contributed by atoms with E-state index in [4.69, 9.17) is 4.74 Å². The van der Waals surface area contributed by atoms with Gasteiger partial charge >= 0.3 is 0 Å². The van der Waals surface area contributed by atoms with Gasteiger partial charge in [-0.1, -0.05) is 6.07 Å². The van der Waals surface area contributed by atoms with Gasteiger partial charge in [-0.05, 0) is 12.1 Å². The number of carbonyl (C=O) groups excluding carboxylic acids is 1. The van der Waals surface area contributed by atoms with Crippen LogP contribution in [0.3, 0.4) is 0 Å². The third kappa shape index (κ3) is 3.61. The Balaban J connectivity index is 1.88. The van der Waals surface area contributed by atoms with Crippen LogP contribution in [-0.4, -0.2) is 62.3 Å². The number of nitrogens with zero attached hydrogens (tertiary/aromatic N) is 1. The monoisotopic (exact) mass is 279 g/mol. The third-order valence-corrected chi connectivity index (χ3v) is 3.37. The van der Waals surface area contributed by atoms with Crippen LogP contribution in [0.1, 0.15) is 10.4 Å². The van der Waals surface area contributed by atoms with E-state index >= 15 is 0 Å². The Morgan fingerprint density at radius 3 is 2.90 bits per heavy atom. The number of benzene rings is 1. The number of ether oxygens (including phenoxy) is 1. The van der Waals surface area contributed by atoms with Crippen LogP contribution in [-0.2, 0) is 0 Å². The van der Waals surface area contributed by atoms with Gasteiger partial charge in [0.15, 0.2) is 0 Å². The molecular formula is C14H21N3O3. The molecule has 1 aromatic rings. The molecule has 1 aliphatic rings. The van der Waals surface area contributed by atoms with Crippen molar-refractivity contribution in [1.29, 1.82) is 0 Å². The Hall–Kier alpha value is -1.79. The maximum Gasteiger partial charge on any atom is 0.258 e. The molecule has 1 heterocycles. The molecule has 0 aromatic heterocycles. The molecule has 0 spiro atoms. The van der Waals surface area contributed by atoms with Gasteiger partial charge in [0.05, 0.1) is 7.11 Å². The normalized spacial score (nSPS) is 15.8. The summed E-state index contributed by atoms with van der Waals surface area (Å²) in [6.07, 6.45) is 0. The van der Waals surface area contributed by atoms with Gasteiger partial charge in [-0.3, -0.25) is 9.69 Å². The number of aromatic hydroxyl groups is 1. The first kappa shape index (κ1) is 14.6. The van der Waals surface area contributed by atoms with Gasteiger partial charge in [-0.15, -0.1) is 0 Å². The van der Waals surface area contributed by atoms with Crippen LogP contribution in [0.15, 0.2) is 18.2 Å². The molecule has 2 rings (SSSR count). The van der Waals surface area contributed by atoms with E-state index < -0.39 is 0 Å². The number of amides is 1. The van der Waals surface area contributed by atoms with Gasteiger partial charge in [0.1, 0.15) is 17.1 Å². The Labute approximate surface area is 118 Å². The number of hydrogen-bond acceptors (Lipinski definition) is 5. The quantitative estimate of drug-likeness (QED) is 0.709. The molecule has 1 fully saturated rings. The maximum atomic E-state index is 12.1. The fraction of sp³-hybridized carbons (Fsp3) is 0.500. The van der Waals surface area contributed by atoms with Crippen LogP contribution in [0.2, 0.25) is 0 Å². The number of methoxy groups -OCH3 is 1. The highest BCUT2D eigenvalue weighted by molar-refractivity contribution is 5.99. The lowest BCUT2D eigenvalue weighted by Gasteiger charge is -2.27. The summed E-state index contributed by atoms with van der Waals surface area (Å²) in [6.45, 7) is 5.33. The minimum Gasteiger partial charge on any atom is -0.507 e. The van der Waals surface area contributed by atoms with Crippen molar-refractivity contribution in [3.63, 3.8) is 0 Å². The topological polar surface area (TPSA) is 73.8 Å². The number of phenols is 1. The standard InChI is InChI=1S/C14H21N3O3/c1-20-12-4-2-3-11(18)13(12)14(19)16-7-10-17-8-5-15-6-9-17/h2-4,15,18H,5-10H2,1H3,(H,16,19). The summed E-state index contributed by atoms with van der Waals surface area (Å²) in [5.41, 5.74) is 0.190. The highest BCUT2D eigenvalue weighted by Crippen LogP contribution is 2.26. The van der Waals surface area contributed by atoms with Crippen molar-refractivity contribution in [2.24, 2.45) is 0 Å². The lowest BCUT2D eigenvalue weighted by atomic mass is 10.1. The zero-order valence-corrected chi connectivity index (χ0v) is 11.7. The van der Waals surface area contributed by atoms with Gasteiger partial charge in [-0.2, -0.15) is 0 Å². The number of rotatable bonds is 5. The van der Waals surface area contributed by atoms with Gasteiger partial charge in [0.2, 0.25) is 0 Å². The summed E-state index contributed by atoms with van der Waals surface area (Å²) in [6, 6.07) is 4.78. The fourth-order valence-corrected chi connectivity index (χ4v) is 2.27. The number of nitrogens with one attached hydrogen (secondary N) is 2. The van der Waals surface area contributed by atoms with Gasteiger partial charge < -0.3 is 20.5 Å². The van der Waals surface area contributed by atoms with E-state index in [0.717, 1.165) is 32.7 Å². The van der Waals surface area contributed by atoms with Crippen molar-refractivity contribution in [2.75, 3.05) is 46.4 Å². The molecule has 0 atom stereocenters. The average molecular weight is 279 g/mol. The van der Waals surface area contributed by atoms with Crippen molar-refractivity contribution in [2.45, 2.75) is 0 Å². The molecular weight excluding hydrogens is 258 g/mol. The molecule has 110 valence electrons. The van der Waals surface area contributed by atoms with Crippen molar-refractivity contribution in [3.8, 4) is 11.5 Å². The van der Waals surface area contributed by atoms with Crippen LogP contribution in [0.25, 0.3) is 0 Å². The lowest BCUT2D eigenvalue weighted by molar-refractivity contribution is 0.0941. The second-order valence-corrected chi connectivity index (χ2v) is 4.70. The third-order valence-electron chi connectivity index (χ3n) is 3.37. The molecule has 0 unspecified atom stereocenters. The fourth-order valence-electron chi connectivity index (χ4n) is 2.27. The summed E-state index contributed by atoms with van der Waals surface area (Å²) in [7, 11) is 1.48. The van der Waals surface area contributed by atoms with E-state index in [1.165, 1.54) is 13.2 Å². The van der Waals surface area contributed by atoms with Crippen LogP contribution >= 0.6 is 0 Å². The number of hydrogen-bond donors (Lipinski definition) is 3. The summed E-state index contributed by atoms with van der Waals surface area (Å²) < 4.78 is 5.10. The molecule has 1 aromatic carbocycles. The number of phenolic OH excluding ortho intramolecular Hbond substituents is 1. The Kier molecular flexibility index (Phi) is 5.20. The lowest BCUT2D eigenvalue weighted by Crippen LogP contribution is -2.46. The summed E-state index contributed by atoms with van der Waals surface area (Å²) >= 11 is 0. The Morgan fingerprint density at radius 1 is 1.45 bits per heavy atom. The molecule has 0 bridgehead atoms. The highest BCUT2D eigenvalue weighted by Gasteiger charge is 2.17. The second kappa shape index (κ2) is 7.12. The SMILES string of the molecule is COc1cccc(O)c1C(=O)NCCN1CCNCC1. The molecule has 0 radical (unpaired) electrons. The zero-order chi connectivity index (χ0) is 14.4. The van der Waals surface area contributed by atoms with E-state index in [1.54, 1.807) is 12.1 Å².